The first-order valence-corrected chi connectivity index (χ1v) is 4.98. The summed E-state index contributed by atoms with van der Waals surface area (Å²) in [5.41, 5.74) is 0. The molecule has 2 heterocycles. The van der Waals surface area contributed by atoms with Crippen LogP contribution < -0.4 is 5.32 Å². The second-order valence-corrected chi connectivity index (χ2v) is 3.85. The molecular weight excluding hydrogens is 184 g/mol. The quantitative estimate of drug-likeness (QED) is 0.487. The molecule has 2 aliphatic rings. The number of hydrogen-bond donors (Lipinski definition) is 1. The molecular formula is C9H16N2O3. The van der Waals surface area contributed by atoms with Crippen LogP contribution in [0, 0.1) is 5.92 Å². The highest BCUT2D eigenvalue weighted by Gasteiger charge is 2.38. The molecule has 2 fully saturated rings. The van der Waals surface area contributed by atoms with E-state index in [1.807, 2.05) is 0 Å². The number of fused-ring (bicyclic) bond motifs is 1. The molecule has 80 valence electrons. The molecule has 2 aliphatic heterocycles. The number of amides is 1. The third-order valence-electron chi connectivity index (χ3n) is 2.91. The largest absolute Gasteiger partial charge is 0.353 e. The van der Waals surface area contributed by atoms with Crippen molar-refractivity contribution in [3.63, 3.8) is 0 Å². The fraction of sp³-hybridized carbons (Fsp3) is 0.889. The topological polar surface area (TPSA) is 50.8 Å². The molecule has 14 heavy (non-hydrogen) atoms. The number of nitrogens with zero attached hydrogens (tertiary/aromatic N) is 1. The zero-order valence-electron chi connectivity index (χ0n) is 8.36. The molecule has 0 bridgehead atoms. The minimum absolute atomic E-state index is 0.0641. The lowest BCUT2D eigenvalue weighted by atomic mass is 10.1. The Labute approximate surface area is 83.3 Å². The van der Waals surface area contributed by atoms with Crippen LogP contribution in [-0.2, 0) is 14.6 Å². The van der Waals surface area contributed by atoms with Crippen LogP contribution in [0.1, 0.15) is 6.42 Å². The van der Waals surface area contributed by atoms with Gasteiger partial charge in [-0.3, -0.25) is 9.69 Å². The van der Waals surface area contributed by atoms with Gasteiger partial charge in [0.2, 0.25) is 5.91 Å². The van der Waals surface area contributed by atoms with E-state index in [9.17, 15) is 4.79 Å². The predicted octanol–water partition coefficient (Wildman–Crippen LogP) is -0.615. The molecule has 0 spiro atoms. The summed E-state index contributed by atoms with van der Waals surface area (Å²) in [6, 6.07) is 0.0641. The van der Waals surface area contributed by atoms with Crippen LogP contribution in [0.25, 0.3) is 0 Å². The smallest absolute Gasteiger partial charge is 0.237 e. The molecule has 1 amide bonds. The third kappa shape index (κ3) is 1.89. The lowest BCUT2D eigenvalue weighted by Gasteiger charge is -2.28. The van der Waals surface area contributed by atoms with Gasteiger partial charge in [0.1, 0.15) is 0 Å². The number of rotatable bonds is 3. The molecule has 0 radical (unpaired) electrons. The highest BCUT2D eigenvalue weighted by Crippen LogP contribution is 2.24. The van der Waals surface area contributed by atoms with Crippen molar-refractivity contribution in [2.45, 2.75) is 12.5 Å². The maximum Gasteiger partial charge on any atom is 0.237 e. The van der Waals surface area contributed by atoms with Crippen molar-refractivity contribution in [2.24, 2.45) is 5.92 Å². The van der Waals surface area contributed by atoms with Gasteiger partial charge in [-0.25, -0.2) is 9.78 Å². The van der Waals surface area contributed by atoms with Crippen molar-refractivity contribution >= 4 is 5.91 Å². The van der Waals surface area contributed by atoms with Crippen LogP contribution >= 0.6 is 0 Å². The van der Waals surface area contributed by atoms with Crippen molar-refractivity contribution < 1.29 is 14.6 Å². The molecule has 0 aliphatic carbocycles. The summed E-state index contributed by atoms with van der Waals surface area (Å²) < 4.78 is 0. The first-order valence-electron chi connectivity index (χ1n) is 4.98. The van der Waals surface area contributed by atoms with E-state index < -0.39 is 0 Å². The maximum atomic E-state index is 11.5. The summed E-state index contributed by atoms with van der Waals surface area (Å²) in [4.78, 5) is 23.2. The van der Waals surface area contributed by atoms with Gasteiger partial charge in [-0.1, -0.05) is 0 Å². The first kappa shape index (κ1) is 9.89. The summed E-state index contributed by atoms with van der Waals surface area (Å²) in [7, 11) is 1.51. The van der Waals surface area contributed by atoms with Gasteiger partial charge in [-0.2, -0.15) is 0 Å². The lowest BCUT2D eigenvalue weighted by Crippen LogP contribution is -2.51. The summed E-state index contributed by atoms with van der Waals surface area (Å²) in [6.45, 7) is 3.26. The monoisotopic (exact) mass is 200 g/mol. The summed E-state index contributed by atoms with van der Waals surface area (Å²) in [5, 5.41) is 2.88. The average Bonchev–Trinajstić information content (AvgIpc) is 2.59. The molecule has 0 aromatic carbocycles. The number of carbonyl (C=O) groups excluding carboxylic acids is 1. The van der Waals surface area contributed by atoms with Crippen LogP contribution in [-0.4, -0.2) is 50.2 Å². The average molecular weight is 200 g/mol. The van der Waals surface area contributed by atoms with Crippen molar-refractivity contribution in [1.82, 2.24) is 10.2 Å². The highest BCUT2D eigenvalue weighted by molar-refractivity contribution is 5.82. The molecule has 0 aromatic heterocycles. The van der Waals surface area contributed by atoms with Gasteiger partial charge in [0.25, 0.3) is 0 Å². The minimum Gasteiger partial charge on any atom is -0.353 e. The Bertz CT molecular complexity index is 222. The van der Waals surface area contributed by atoms with E-state index in [4.69, 9.17) is 4.89 Å². The molecule has 2 rings (SSSR count). The first-order chi connectivity index (χ1) is 6.81. The van der Waals surface area contributed by atoms with Gasteiger partial charge in [-0.15, -0.1) is 0 Å². The van der Waals surface area contributed by atoms with Crippen LogP contribution in [0.4, 0.5) is 0 Å². The molecule has 5 heteroatoms. The van der Waals surface area contributed by atoms with E-state index in [1.165, 1.54) is 7.11 Å². The van der Waals surface area contributed by atoms with Crippen LogP contribution in [0.2, 0.25) is 0 Å². The molecule has 1 N–H and O–H groups in total. The van der Waals surface area contributed by atoms with Crippen LogP contribution in [0.15, 0.2) is 0 Å². The second kappa shape index (κ2) is 4.25. The molecule has 2 atom stereocenters. The lowest BCUT2D eigenvalue weighted by molar-refractivity contribution is -0.279. The van der Waals surface area contributed by atoms with E-state index in [0.717, 1.165) is 26.1 Å². The second-order valence-electron chi connectivity index (χ2n) is 3.85. The number of piperazine rings is 1. The Morgan fingerprint density at radius 2 is 2.50 bits per heavy atom. The van der Waals surface area contributed by atoms with Gasteiger partial charge in [0.15, 0.2) is 0 Å². The minimum atomic E-state index is 0.0641. The Balaban J connectivity index is 1.87. The van der Waals surface area contributed by atoms with Crippen molar-refractivity contribution in [1.29, 1.82) is 0 Å². The fourth-order valence-corrected chi connectivity index (χ4v) is 2.24. The summed E-state index contributed by atoms with van der Waals surface area (Å²) >= 11 is 0. The Morgan fingerprint density at radius 1 is 1.64 bits per heavy atom. The molecule has 0 saturated carbocycles. The summed E-state index contributed by atoms with van der Waals surface area (Å²) in [6.07, 6.45) is 0.884. The number of nitrogens with one attached hydrogen (secondary N) is 1. The summed E-state index contributed by atoms with van der Waals surface area (Å²) in [5.74, 6) is 0.583. The van der Waals surface area contributed by atoms with E-state index in [2.05, 4.69) is 15.1 Å². The van der Waals surface area contributed by atoms with Gasteiger partial charge in [0, 0.05) is 25.6 Å². The molecule has 0 aromatic rings. The normalized spacial score (nSPS) is 32.8. The van der Waals surface area contributed by atoms with E-state index in [1.54, 1.807) is 0 Å². The van der Waals surface area contributed by atoms with Gasteiger partial charge < -0.3 is 5.32 Å². The number of carbonyl (C=O) groups is 1. The van der Waals surface area contributed by atoms with Gasteiger partial charge in [-0.05, 0) is 6.42 Å². The van der Waals surface area contributed by atoms with Crippen LogP contribution in [0.5, 0.6) is 0 Å². The maximum absolute atomic E-state index is 11.5. The van der Waals surface area contributed by atoms with Crippen molar-refractivity contribution in [2.75, 3.05) is 33.4 Å². The van der Waals surface area contributed by atoms with Gasteiger partial charge >= 0.3 is 0 Å². The number of hydrogen-bond acceptors (Lipinski definition) is 4. The van der Waals surface area contributed by atoms with E-state index in [0.29, 0.717) is 12.5 Å². The molecule has 2 saturated heterocycles. The van der Waals surface area contributed by atoms with E-state index in [-0.39, 0.29) is 11.9 Å². The SMILES string of the molecule is COOCC1CC2C(=O)NCCN2C1. The van der Waals surface area contributed by atoms with Crippen molar-refractivity contribution in [3.05, 3.63) is 0 Å². The van der Waals surface area contributed by atoms with Gasteiger partial charge in [0.05, 0.1) is 19.8 Å². The molecule has 5 nitrogen and oxygen atoms in total. The van der Waals surface area contributed by atoms with E-state index >= 15 is 0 Å². The Hall–Kier alpha value is -0.650. The highest BCUT2D eigenvalue weighted by atomic mass is 17.2. The predicted molar refractivity (Wildman–Crippen MR) is 49.4 cm³/mol. The Kier molecular flexibility index (Phi) is 3.00. The van der Waals surface area contributed by atoms with Crippen molar-refractivity contribution in [3.8, 4) is 0 Å². The fourth-order valence-electron chi connectivity index (χ4n) is 2.24. The zero-order chi connectivity index (χ0) is 9.97. The zero-order valence-corrected chi connectivity index (χ0v) is 8.36. The third-order valence-corrected chi connectivity index (χ3v) is 2.91. The molecule has 2 unspecified atom stereocenters. The Morgan fingerprint density at radius 3 is 3.21 bits per heavy atom. The van der Waals surface area contributed by atoms with Crippen LogP contribution in [0.3, 0.4) is 0 Å². The standard InChI is InChI=1S/C9H16N2O3/c1-13-14-6-7-4-8-9(12)10-2-3-11(8)5-7/h7-8H,2-6H2,1H3,(H,10,12).